The fourth-order valence-corrected chi connectivity index (χ4v) is 5.90. The van der Waals surface area contributed by atoms with Gasteiger partial charge in [0.05, 0.1) is 5.92 Å². The topological polar surface area (TPSA) is 54.4 Å². The van der Waals surface area contributed by atoms with E-state index in [1.165, 1.54) is 10.5 Å². The Balaban J connectivity index is 1.76. The van der Waals surface area contributed by atoms with Gasteiger partial charge in [-0.15, -0.1) is 0 Å². The molecule has 2 atom stereocenters. The second-order valence-electron chi connectivity index (χ2n) is 5.53. The summed E-state index contributed by atoms with van der Waals surface area (Å²) in [6.45, 7) is 2.09. The number of hydrogen-bond acceptors (Lipinski definition) is 5. The number of amidine groups is 1. The standard InChI is InChI=1S/C15H15N3OS2/c1-15-12(10-4-7-20-8-11(10)21-15)14(19)17-13(18-15)9-2-5-16-6-3-9/h2-3,5-6,12H,4,7-8H2,1H3,(H,17,18,19). The third-order valence-corrected chi connectivity index (χ3v) is 6.67. The fourth-order valence-electron chi connectivity index (χ4n) is 3.19. The van der Waals surface area contributed by atoms with Gasteiger partial charge in [0.15, 0.2) is 0 Å². The zero-order valence-corrected chi connectivity index (χ0v) is 13.3. The van der Waals surface area contributed by atoms with Crippen LogP contribution in [0.15, 0.2) is 40.0 Å². The predicted molar refractivity (Wildman–Crippen MR) is 87.4 cm³/mol. The molecule has 2 unspecified atom stereocenters. The lowest BCUT2D eigenvalue weighted by Gasteiger charge is -2.33. The molecule has 4 nitrogen and oxygen atoms in total. The number of nitrogens with zero attached hydrogens (tertiary/aromatic N) is 2. The summed E-state index contributed by atoms with van der Waals surface area (Å²) in [5.41, 5.74) is 2.23. The molecule has 1 aromatic heterocycles. The van der Waals surface area contributed by atoms with Crippen LogP contribution in [0, 0.1) is 5.92 Å². The van der Waals surface area contributed by atoms with Crippen LogP contribution in [-0.4, -0.2) is 33.1 Å². The molecule has 0 radical (unpaired) electrons. The molecule has 1 aromatic rings. The Morgan fingerprint density at radius 1 is 1.38 bits per heavy atom. The molecule has 0 aliphatic carbocycles. The highest BCUT2D eigenvalue weighted by atomic mass is 32.2. The number of thioether (sulfide) groups is 2. The molecule has 0 bridgehead atoms. The maximum atomic E-state index is 12.7. The van der Waals surface area contributed by atoms with Crippen LogP contribution in [0.2, 0.25) is 0 Å². The first-order chi connectivity index (χ1) is 10.2. The van der Waals surface area contributed by atoms with Gasteiger partial charge in [0, 0.05) is 23.7 Å². The van der Waals surface area contributed by atoms with Crippen molar-refractivity contribution in [2.75, 3.05) is 11.5 Å². The third kappa shape index (κ3) is 2.12. The van der Waals surface area contributed by atoms with E-state index in [0.717, 1.165) is 23.5 Å². The van der Waals surface area contributed by atoms with E-state index in [0.29, 0.717) is 5.84 Å². The van der Waals surface area contributed by atoms with Gasteiger partial charge in [-0.1, -0.05) is 11.8 Å². The number of rotatable bonds is 1. The van der Waals surface area contributed by atoms with Gasteiger partial charge >= 0.3 is 0 Å². The van der Waals surface area contributed by atoms with Crippen molar-refractivity contribution < 1.29 is 4.79 Å². The van der Waals surface area contributed by atoms with E-state index in [1.54, 1.807) is 24.2 Å². The van der Waals surface area contributed by atoms with Crippen LogP contribution in [0.25, 0.3) is 0 Å². The van der Waals surface area contributed by atoms with E-state index in [2.05, 4.69) is 17.2 Å². The zero-order chi connectivity index (χ0) is 14.4. The fraction of sp³-hybridized carbons (Fsp3) is 0.400. The van der Waals surface area contributed by atoms with Gasteiger partial charge < -0.3 is 5.32 Å². The number of carbonyl (C=O) groups is 1. The molecule has 4 heterocycles. The molecule has 21 heavy (non-hydrogen) atoms. The Morgan fingerprint density at radius 3 is 3.00 bits per heavy atom. The van der Waals surface area contributed by atoms with Gasteiger partial charge in [-0.25, -0.2) is 4.99 Å². The van der Waals surface area contributed by atoms with E-state index in [-0.39, 0.29) is 11.8 Å². The third-order valence-electron chi connectivity index (χ3n) is 4.11. The summed E-state index contributed by atoms with van der Waals surface area (Å²) < 4.78 is 0. The van der Waals surface area contributed by atoms with Crippen molar-refractivity contribution in [3.63, 3.8) is 0 Å². The number of aliphatic imine (C=N–C) groups is 1. The summed E-state index contributed by atoms with van der Waals surface area (Å²) in [6, 6.07) is 3.76. The number of hydrogen-bond donors (Lipinski definition) is 1. The Bertz CT molecular complexity index is 671. The molecular formula is C15H15N3OS2. The molecule has 3 aliphatic rings. The lowest BCUT2D eigenvalue weighted by Crippen LogP contribution is -2.49. The van der Waals surface area contributed by atoms with Gasteiger partial charge in [-0.3, -0.25) is 9.78 Å². The van der Waals surface area contributed by atoms with E-state index in [4.69, 9.17) is 4.99 Å². The molecule has 0 spiro atoms. The minimum absolute atomic E-state index is 0.0868. The van der Waals surface area contributed by atoms with E-state index >= 15 is 0 Å². The average molecular weight is 317 g/mol. The monoisotopic (exact) mass is 317 g/mol. The van der Waals surface area contributed by atoms with Crippen molar-refractivity contribution in [2.45, 2.75) is 18.2 Å². The van der Waals surface area contributed by atoms with Crippen LogP contribution < -0.4 is 5.32 Å². The molecule has 6 heteroatoms. The van der Waals surface area contributed by atoms with Crippen molar-refractivity contribution in [1.29, 1.82) is 0 Å². The molecule has 1 N–H and O–H groups in total. The smallest absolute Gasteiger partial charge is 0.236 e. The number of aromatic nitrogens is 1. The average Bonchev–Trinajstić information content (AvgIpc) is 2.80. The van der Waals surface area contributed by atoms with Crippen molar-refractivity contribution in [2.24, 2.45) is 10.9 Å². The van der Waals surface area contributed by atoms with Gasteiger partial charge in [0.2, 0.25) is 5.91 Å². The lowest BCUT2D eigenvalue weighted by atomic mass is 9.87. The molecular weight excluding hydrogens is 302 g/mol. The highest BCUT2D eigenvalue weighted by Crippen LogP contribution is 2.55. The van der Waals surface area contributed by atoms with E-state index in [9.17, 15) is 4.79 Å². The first-order valence-corrected chi connectivity index (χ1v) is 8.94. The SMILES string of the molecule is CC12N=C(c3ccncc3)NC(=O)C1C1=C(CSCC1)S2. The summed E-state index contributed by atoms with van der Waals surface area (Å²) in [7, 11) is 0. The first-order valence-electron chi connectivity index (χ1n) is 6.97. The predicted octanol–water partition coefficient (Wildman–Crippen LogP) is 2.43. The summed E-state index contributed by atoms with van der Waals surface area (Å²) >= 11 is 3.72. The van der Waals surface area contributed by atoms with Crippen LogP contribution in [0.4, 0.5) is 0 Å². The number of fused-ring (bicyclic) bond motifs is 2. The van der Waals surface area contributed by atoms with Crippen LogP contribution in [-0.2, 0) is 4.79 Å². The first kappa shape index (κ1) is 13.4. The maximum absolute atomic E-state index is 12.7. The Hall–Kier alpha value is -1.27. The van der Waals surface area contributed by atoms with Crippen molar-refractivity contribution >= 4 is 35.3 Å². The van der Waals surface area contributed by atoms with Crippen molar-refractivity contribution in [3.05, 3.63) is 40.6 Å². The molecule has 3 aliphatic heterocycles. The molecule has 0 saturated carbocycles. The number of pyridine rings is 1. The summed E-state index contributed by atoms with van der Waals surface area (Å²) in [5, 5.41) is 2.99. The van der Waals surface area contributed by atoms with Crippen molar-refractivity contribution in [3.8, 4) is 0 Å². The summed E-state index contributed by atoms with van der Waals surface area (Å²) in [6.07, 6.45) is 4.46. The van der Waals surface area contributed by atoms with Crippen LogP contribution >= 0.6 is 23.5 Å². The minimum Gasteiger partial charge on any atom is -0.310 e. The summed E-state index contributed by atoms with van der Waals surface area (Å²) in [4.78, 5) is 22.5. The second-order valence-corrected chi connectivity index (χ2v) is 8.15. The normalized spacial score (nSPS) is 31.4. The Kier molecular flexibility index (Phi) is 3.11. The quantitative estimate of drug-likeness (QED) is 0.864. The zero-order valence-electron chi connectivity index (χ0n) is 11.6. The van der Waals surface area contributed by atoms with Gasteiger partial charge in [0.25, 0.3) is 0 Å². The second kappa shape index (κ2) is 4.88. The van der Waals surface area contributed by atoms with Crippen molar-refractivity contribution in [1.82, 2.24) is 10.3 Å². The largest absolute Gasteiger partial charge is 0.310 e. The van der Waals surface area contributed by atoms with Gasteiger partial charge in [-0.2, -0.15) is 11.8 Å². The minimum atomic E-state index is -0.392. The summed E-state index contributed by atoms with van der Waals surface area (Å²) in [5.74, 6) is 2.79. The highest BCUT2D eigenvalue weighted by Gasteiger charge is 2.52. The number of amides is 1. The number of nitrogens with one attached hydrogen (secondary N) is 1. The molecule has 4 rings (SSSR count). The van der Waals surface area contributed by atoms with Gasteiger partial charge in [0.1, 0.15) is 10.7 Å². The van der Waals surface area contributed by atoms with Crippen LogP contribution in [0.3, 0.4) is 0 Å². The van der Waals surface area contributed by atoms with E-state index < -0.39 is 4.87 Å². The Morgan fingerprint density at radius 2 is 2.19 bits per heavy atom. The Labute approximate surface area is 131 Å². The maximum Gasteiger partial charge on any atom is 0.236 e. The number of carbonyl (C=O) groups excluding carboxylic acids is 1. The van der Waals surface area contributed by atoms with Crippen LogP contribution in [0.1, 0.15) is 18.9 Å². The molecule has 0 aromatic carbocycles. The highest BCUT2D eigenvalue weighted by molar-refractivity contribution is 8.07. The van der Waals surface area contributed by atoms with Gasteiger partial charge in [-0.05, 0) is 41.7 Å². The van der Waals surface area contributed by atoms with Crippen LogP contribution in [0.5, 0.6) is 0 Å². The molecule has 0 fully saturated rings. The molecule has 108 valence electrons. The lowest BCUT2D eigenvalue weighted by molar-refractivity contribution is -0.123. The molecule has 0 saturated heterocycles. The molecule has 1 amide bonds. The van der Waals surface area contributed by atoms with E-state index in [1.807, 2.05) is 23.9 Å².